The van der Waals surface area contributed by atoms with E-state index in [0.717, 1.165) is 30.8 Å². The van der Waals surface area contributed by atoms with Gasteiger partial charge in [0.05, 0.1) is 5.60 Å². The topological polar surface area (TPSA) is 38.3 Å². The lowest BCUT2D eigenvalue weighted by Gasteiger charge is -2.26. The first-order chi connectivity index (χ1) is 7.22. The number of nitrogens with one attached hydrogen (secondary N) is 1. The van der Waals surface area contributed by atoms with Gasteiger partial charge in [-0.05, 0) is 18.6 Å². The van der Waals surface area contributed by atoms with Crippen LogP contribution in [0.15, 0.2) is 0 Å². The standard InChI is InChI=1S/C11H21NO2S/c1-3-4-5-10(13)12-8-11(14-2)6-7-15-9-11/h3-9H2,1-2H3,(H,12,13). The molecule has 0 aromatic heterocycles. The van der Waals surface area contributed by atoms with E-state index in [4.69, 9.17) is 4.74 Å². The van der Waals surface area contributed by atoms with Crippen molar-refractivity contribution >= 4 is 17.7 Å². The molecule has 1 N–H and O–H groups in total. The molecule has 0 aromatic carbocycles. The third kappa shape index (κ3) is 4.03. The van der Waals surface area contributed by atoms with Gasteiger partial charge >= 0.3 is 0 Å². The largest absolute Gasteiger partial charge is 0.376 e. The van der Waals surface area contributed by atoms with Crippen molar-refractivity contribution in [3.8, 4) is 0 Å². The Morgan fingerprint density at radius 1 is 1.60 bits per heavy atom. The fourth-order valence-electron chi connectivity index (χ4n) is 1.65. The van der Waals surface area contributed by atoms with Gasteiger partial charge in [-0.2, -0.15) is 11.8 Å². The van der Waals surface area contributed by atoms with Gasteiger partial charge in [-0.25, -0.2) is 0 Å². The van der Waals surface area contributed by atoms with E-state index in [1.165, 1.54) is 0 Å². The van der Waals surface area contributed by atoms with E-state index in [0.29, 0.717) is 13.0 Å². The predicted molar refractivity (Wildman–Crippen MR) is 64.2 cm³/mol. The highest BCUT2D eigenvalue weighted by Gasteiger charge is 2.34. The number of rotatable bonds is 6. The number of carbonyl (C=O) groups excluding carboxylic acids is 1. The molecule has 1 heterocycles. The number of ether oxygens (including phenoxy) is 1. The molecule has 0 spiro atoms. The van der Waals surface area contributed by atoms with Gasteiger partial charge in [0, 0.05) is 25.8 Å². The number of hydrogen-bond acceptors (Lipinski definition) is 3. The zero-order chi connectivity index (χ0) is 11.1. The zero-order valence-electron chi connectivity index (χ0n) is 9.67. The van der Waals surface area contributed by atoms with Gasteiger partial charge in [-0.1, -0.05) is 13.3 Å². The molecular weight excluding hydrogens is 210 g/mol. The average Bonchev–Trinajstić information content (AvgIpc) is 2.73. The van der Waals surface area contributed by atoms with E-state index >= 15 is 0 Å². The smallest absolute Gasteiger partial charge is 0.220 e. The van der Waals surface area contributed by atoms with Gasteiger partial charge < -0.3 is 10.1 Å². The zero-order valence-corrected chi connectivity index (χ0v) is 10.5. The minimum atomic E-state index is -0.105. The number of hydrogen-bond donors (Lipinski definition) is 1. The van der Waals surface area contributed by atoms with Crippen LogP contribution in [0, 0.1) is 0 Å². The Bertz CT molecular complexity index is 203. The first-order valence-corrected chi connectivity index (χ1v) is 6.77. The highest BCUT2D eigenvalue weighted by atomic mass is 32.2. The van der Waals surface area contributed by atoms with Gasteiger partial charge in [0.25, 0.3) is 0 Å². The van der Waals surface area contributed by atoms with E-state index in [9.17, 15) is 4.79 Å². The van der Waals surface area contributed by atoms with Crippen LogP contribution in [0.3, 0.4) is 0 Å². The summed E-state index contributed by atoms with van der Waals surface area (Å²) in [6.07, 6.45) is 3.73. The molecule has 1 unspecified atom stereocenters. The number of thioether (sulfide) groups is 1. The lowest BCUT2D eigenvalue weighted by Crippen LogP contribution is -2.44. The van der Waals surface area contributed by atoms with Gasteiger partial charge in [0.2, 0.25) is 5.91 Å². The molecule has 1 atom stereocenters. The monoisotopic (exact) mass is 231 g/mol. The molecule has 1 aliphatic rings. The Morgan fingerprint density at radius 3 is 2.93 bits per heavy atom. The summed E-state index contributed by atoms with van der Waals surface area (Å²) < 4.78 is 5.52. The molecule has 1 saturated heterocycles. The first-order valence-electron chi connectivity index (χ1n) is 5.62. The summed E-state index contributed by atoms with van der Waals surface area (Å²) in [6.45, 7) is 2.76. The van der Waals surface area contributed by atoms with Crippen LogP contribution in [0.2, 0.25) is 0 Å². The van der Waals surface area contributed by atoms with Crippen LogP contribution in [0.5, 0.6) is 0 Å². The molecule has 1 rings (SSSR count). The fraction of sp³-hybridized carbons (Fsp3) is 0.909. The maximum atomic E-state index is 11.4. The second kappa shape index (κ2) is 6.38. The van der Waals surface area contributed by atoms with Crippen LogP contribution >= 0.6 is 11.8 Å². The highest BCUT2D eigenvalue weighted by Crippen LogP contribution is 2.30. The quantitative estimate of drug-likeness (QED) is 0.757. The van der Waals surface area contributed by atoms with Crippen molar-refractivity contribution in [2.75, 3.05) is 25.2 Å². The van der Waals surface area contributed by atoms with Crippen molar-refractivity contribution in [2.45, 2.75) is 38.2 Å². The van der Waals surface area contributed by atoms with Crippen molar-refractivity contribution in [1.82, 2.24) is 5.32 Å². The lowest BCUT2D eigenvalue weighted by atomic mass is 10.0. The van der Waals surface area contributed by atoms with Crippen LogP contribution in [0.4, 0.5) is 0 Å². The molecule has 1 aliphatic heterocycles. The molecule has 0 saturated carbocycles. The molecule has 15 heavy (non-hydrogen) atoms. The van der Waals surface area contributed by atoms with E-state index in [1.54, 1.807) is 7.11 Å². The number of unbranched alkanes of at least 4 members (excludes halogenated alkanes) is 1. The van der Waals surface area contributed by atoms with Crippen LogP contribution in [-0.2, 0) is 9.53 Å². The second-order valence-corrected chi connectivity index (χ2v) is 5.18. The Balaban J connectivity index is 2.25. The van der Waals surface area contributed by atoms with E-state index < -0.39 is 0 Å². The minimum Gasteiger partial charge on any atom is -0.376 e. The third-order valence-electron chi connectivity index (χ3n) is 2.87. The maximum absolute atomic E-state index is 11.4. The lowest BCUT2D eigenvalue weighted by molar-refractivity contribution is -0.122. The molecule has 1 fully saturated rings. The van der Waals surface area contributed by atoms with Crippen molar-refractivity contribution in [1.29, 1.82) is 0 Å². The molecular formula is C11H21NO2S. The molecule has 4 heteroatoms. The summed E-state index contributed by atoms with van der Waals surface area (Å²) in [5.74, 6) is 2.29. The summed E-state index contributed by atoms with van der Waals surface area (Å²) in [5.41, 5.74) is -0.105. The van der Waals surface area contributed by atoms with Crippen LogP contribution in [0.25, 0.3) is 0 Å². The van der Waals surface area contributed by atoms with Crippen LogP contribution in [0.1, 0.15) is 32.6 Å². The van der Waals surface area contributed by atoms with Crippen molar-refractivity contribution in [3.05, 3.63) is 0 Å². The minimum absolute atomic E-state index is 0.105. The summed E-state index contributed by atoms with van der Waals surface area (Å²) in [6, 6.07) is 0. The normalized spacial score (nSPS) is 25.5. The summed E-state index contributed by atoms with van der Waals surface area (Å²) in [5, 5.41) is 2.97. The van der Waals surface area contributed by atoms with E-state index in [-0.39, 0.29) is 11.5 Å². The number of amides is 1. The molecule has 0 bridgehead atoms. The van der Waals surface area contributed by atoms with Crippen LogP contribution < -0.4 is 5.32 Å². The Labute approximate surface area is 96.3 Å². The SMILES string of the molecule is CCCCC(=O)NCC1(OC)CCSC1. The molecule has 0 radical (unpaired) electrons. The number of methoxy groups -OCH3 is 1. The van der Waals surface area contributed by atoms with Crippen LogP contribution in [-0.4, -0.2) is 36.7 Å². The Hall–Kier alpha value is -0.220. The number of carbonyl (C=O) groups is 1. The Morgan fingerprint density at radius 2 is 2.40 bits per heavy atom. The van der Waals surface area contributed by atoms with E-state index in [1.807, 2.05) is 11.8 Å². The fourth-order valence-corrected chi connectivity index (χ4v) is 3.04. The summed E-state index contributed by atoms with van der Waals surface area (Å²) in [4.78, 5) is 11.4. The molecule has 0 aliphatic carbocycles. The van der Waals surface area contributed by atoms with Crippen molar-refractivity contribution in [3.63, 3.8) is 0 Å². The van der Waals surface area contributed by atoms with Crippen molar-refractivity contribution < 1.29 is 9.53 Å². The summed E-state index contributed by atoms with van der Waals surface area (Å²) >= 11 is 1.90. The molecule has 3 nitrogen and oxygen atoms in total. The highest BCUT2D eigenvalue weighted by molar-refractivity contribution is 7.99. The predicted octanol–water partition coefficient (Wildman–Crippen LogP) is 1.81. The average molecular weight is 231 g/mol. The van der Waals surface area contributed by atoms with Gasteiger partial charge in [-0.15, -0.1) is 0 Å². The van der Waals surface area contributed by atoms with Gasteiger partial charge in [0.1, 0.15) is 0 Å². The first kappa shape index (κ1) is 12.8. The van der Waals surface area contributed by atoms with Gasteiger partial charge in [-0.3, -0.25) is 4.79 Å². The van der Waals surface area contributed by atoms with E-state index in [2.05, 4.69) is 12.2 Å². The second-order valence-electron chi connectivity index (χ2n) is 4.07. The Kier molecular flexibility index (Phi) is 5.47. The molecule has 1 amide bonds. The third-order valence-corrected chi connectivity index (χ3v) is 4.09. The van der Waals surface area contributed by atoms with Crippen molar-refractivity contribution in [2.24, 2.45) is 0 Å². The maximum Gasteiger partial charge on any atom is 0.220 e. The molecule has 88 valence electrons. The molecule has 0 aromatic rings. The van der Waals surface area contributed by atoms with Gasteiger partial charge in [0.15, 0.2) is 0 Å². The summed E-state index contributed by atoms with van der Waals surface area (Å²) in [7, 11) is 1.74.